The van der Waals surface area contributed by atoms with Gasteiger partial charge < -0.3 is 14.4 Å². The molecule has 0 N–H and O–H groups in total. The van der Waals surface area contributed by atoms with Crippen LogP contribution in [0.25, 0.3) is 0 Å². The summed E-state index contributed by atoms with van der Waals surface area (Å²) >= 11 is 0. The van der Waals surface area contributed by atoms with E-state index in [1.54, 1.807) is 4.90 Å². The number of likely N-dealkylation sites (tertiary alicyclic amines) is 1. The standard InChI is InChI=1S/C21H23NO3/c23-20(24-16-17-6-2-1-3-7-17)22-14-12-21(13-15-22)11-10-18-8-4-5-9-19(18)25-21/h1-9H,10-16H2. The molecule has 0 aliphatic carbocycles. The second-order valence-corrected chi connectivity index (χ2v) is 6.92. The van der Waals surface area contributed by atoms with Gasteiger partial charge in [-0.3, -0.25) is 0 Å². The monoisotopic (exact) mass is 337 g/mol. The van der Waals surface area contributed by atoms with E-state index in [0.29, 0.717) is 19.7 Å². The van der Waals surface area contributed by atoms with Gasteiger partial charge in [0.05, 0.1) is 0 Å². The Morgan fingerprint density at radius 1 is 1.00 bits per heavy atom. The zero-order valence-electron chi connectivity index (χ0n) is 14.3. The molecule has 1 spiro atoms. The average Bonchev–Trinajstić information content (AvgIpc) is 2.67. The minimum atomic E-state index is -0.227. The van der Waals surface area contributed by atoms with Crippen molar-refractivity contribution in [2.75, 3.05) is 13.1 Å². The molecule has 1 saturated heterocycles. The Bertz CT molecular complexity index is 736. The third-order valence-corrected chi connectivity index (χ3v) is 5.29. The number of hydrogen-bond acceptors (Lipinski definition) is 3. The van der Waals surface area contributed by atoms with Gasteiger partial charge in [-0.25, -0.2) is 4.79 Å². The zero-order chi connectivity index (χ0) is 17.1. The summed E-state index contributed by atoms with van der Waals surface area (Å²) in [4.78, 5) is 14.1. The molecule has 0 unspecified atom stereocenters. The molecule has 1 fully saturated rings. The quantitative estimate of drug-likeness (QED) is 0.825. The minimum absolute atomic E-state index is 0.120. The van der Waals surface area contributed by atoms with Crippen molar-refractivity contribution in [3.8, 4) is 5.75 Å². The Hall–Kier alpha value is -2.49. The number of amides is 1. The number of benzene rings is 2. The van der Waals surface area contributed by atoms with E-state index in [4.69, 9.17) is 9.47 Å². The van der Waals surface area contributed by atoms with Gasteiger partial charge in [-0.15, -0.1) is 0 Å². The van der Waals surface area contributed by atoms with Crippen molar-refractivity contribution < 1.29 is 14.3 Å². The van der Waals surface area contributed by atoms with Gasteiger partial charge in [0.2, 0.25) is 0 Å². The van der Waals surface area contributed by atoms with Crippen LogP contribution in [0.2, 0.25) is 0 Å². The number of carbonyl (C=O) groups excluding carboxylic acids is 1. The van der Waals surface area contributed by atoms with Gasteiger partial charge in [0, 0.05) is 25.9 Å². The van der Waals surface area contributed by atoms with E-state index in [2.05, 4.69) is 18.2 Å². The predicted molar refractivity (Wildman–Crippen MR) is 95.6 cm³/mol. The Balaban J connectivity index is 1.32. The van der Waals surface area contributed by atoms with Crippen molar-refractivity contribution in [1.29, 1.82) is 0 Å². The van der Waals surface area contributed by atoms with E-state index in [9.17, 15) is 4.79 Å². The molecule has 4 nitrogen and oxygen atoms in total. The number of carbonyl (C=O) groups is 1. The van der Waals surface area contributed by atoms with Gasteiger partial charge in [0.15, 0.2) is 0 Å². The lowest BCUT2D eigenvalue weighted by Gasteiger charge is -2.44. The van der Waals surface area contributed by atoms with Crippen molar-refractivity contribution in [1.82, 2.24) is 4.90 Å². The molecule has 4 rings (SSSR count). The Labute approximate surface area is 148 Å². The van der Waals surface area contributed by atoms with Crippen LogP contribution in [-0.4, -0.2) is 29.7 Å². The van der Waals surface area contributed by atoms with E-state index in [0.717, 1.165) is 37.0 Å². The molecule has 2 aliphatic rings. The molecule has 0 aromatic heterocycles. The number of fused-ring (bicyclic) bond motifs is 1. The van der Waals surface area contributed by atoms with Crippen LogP contribution in [0, 0.1) is 0 Å². The van der Waals surface area contributed by atoms with Crippen molar-refractivity contribution in [2.45, 2.75) is 37.9 Å². The molecule has 2 aromatic carbocycles. The molecule has 0 saturated carbocycles. The maximum Gasteiger partial charge on any atom is 0.410 e. The summed E-state index contributed by atoms with van der Waals surface area (Å²) in [5.41, 5.74) is 2.18. The van der Waals surface area contributed by atoms with Gasteiger partial charge in [-0.05, 0) is 30.0 Å². The van der Waals surface area contributed by atoms with Crippen LogP contribution >= 0.6 is 0 Å². The van der Waals surface area contributed by atoms with Crippen molar-refractivity contribution >= 4 is 6.09 Å². The maximum atomic E-state index is 12.3. The van der Waals surface area contributed by atoms with Crippen LogP contribution in [0.1, 0.15) is 30.4 Å². The first kappa shape index (κ1) is 16.0. The summed E-state index contributed by atoms with van der Waals surface area (Å²) < 4.78 is 11.8. The van der Waals surface area contributed by atoms with Gasteiger partial charge in [0.25, 0.3) is 0 Å². The smallest absolute Gasteiger partial charge is 0.410 e. The molecule has 2 aliphatic heterocycles. The Morgan fingerprint density at radius 2 is 1.72 bits per heavy atom. The average molecular weight is 337 g/mol. The second-order valence-electron chi connectivity index (χ2n) is 6.92. The fourth-order valence-electron chi connectivity index (χ4n) is 3.72. The first-order chi connectivity index (χ1) is 12.2. The van der Waals surface area contributed by atoms with Crippen LogP contribution in [0.4, 0.5) is 4.79 Å². The van der Waals surface area contributed by atoms with Crippen molar-refractivity contribution in [3.63, 3.8) is 0 Å². The SMILES string of the molecule is O=C(OCc1ccccc1)N1CCC2(CCc3ccccc3O2)CC1. The lowest BCUT2D eigenvalue weighted by molar-refractivity contribution is -0.0151. The lowest BCUT2D eigenvalue weighted by Crippen LogP contribution is -2.51. The predicted octanol–water partition coefficient (Wildman–Crippen LogP) is 4.18. The number of ether oxygens (including phenoxy) is 2. The number of piperidine rings is 1. The van der Waals surface area contributed by atoms with Gasteiger partial charge in [-0.2, -0.15) is 0 Å². The second kappa shape index (κ2) is 6.79. The Morgan fingerprint density at radius 3 is 2.52 bits per heavy atom. The third kappa shape index (κ3) is 3.48. The van der Waals surface area contributed by atoms with E-state index in [-0.39, 0.29) is 11.7 Å². The third-order valence-electron chi connectivity index (χ3n) is 5.29. The minimum Gasteiger partial charge on any atom is -0.487 e. The summed E-state index contributed by atoms with van der Waals surface area (Å²) in [7, 11) is 0. The van der Waals surface area contributed by atoms with Crippen molar-refractivity contribution in [2.24, 2.45) is 0 Å². The highest BCUT2D eigenvalue weighted by molar-refractivity contribution is 5.67. The number of nitrogens with zero attached hydrogens (tertiary/aromatic N) is 1. The summed E-state index contributed by atoms with van der Waals surface area (Å²) in [5.74, 6) is 1.01. The fourth-order valence-corrected chi connectivity index (χ4v) is 3.72. The topological polar surface area (TPSA) is 38.8 Å². The Kier molecular flexibility index (Phi) is 4.35. The molecule has 130 valence electrons. The number of rotatable bonds is 2. The first-order valence-corrected chi connectivity index (χ1v) is 8.97. The van der Waals surface area contributed by atoms with Crippen LogP contribution in [-0.2, 0) is 17.8 Å². The zero-order valence-corrected chi connectivity index (χ0v) is 14.3. The van der Waals surface area contributed by atoms with Gasteiger partial charge in [0.1, 0.15) is 18.0 Å². The summed E-state index contributed by atoms with van der Waals surface area (Å²) in [6.45, 7) is 1.71. The molecule has 25 heavy (non-hydrogen) atoms. The molecule has 2 aromatic rings. The normalized spacial score (nSPS) is 18.3. The molecule has 0 atom stereocenters. The number of para-hydroxylation sites is 1. The first-order valence-electron chi connectivity index (χ1n) is 8.97. The molecule has 0 bridgehead atoms. The van der Waals surface area contributed by atoms with E-state index < -0.39 is 0 Å². The summed E-state index contributed by atoms with van der Waals surface area (Å²) in [6, 6.07) is 18.1. The number of hydrogen-bond donors (Lipinski definition) is 0. The lowest BCUT2D eigenvalue weighted by atomic mass is 9.83. The van der Waals surface area contributed by atoms with Crippen LogP contribution < -0.4 is 4.74 Å². The van der Waals surface area contributed by atoms with E-state index in [1.807, 2.05) is 36.4 Å². The van der Waals surface area contributed by atoms with Gasteiger partial charge >= 0.3 is 6.09 Å². The molecule has 0 radical (unpaired) electrons. The van der Waals surface area contributed by atoms with Gasteiger partial charge in [-0.1, -0.05) is 48.5 Å². The maximum absolute atomic E-state index is 12.3. The highest BCUT2D eigenvalue weighted by Gasteiger charge is 2.40. The highest BCUT2D eigenvalue weighted by Crippen LogP contribution is 2.39. The molecular weight excluding hydrogens is 314 g/mol. The molecular formula is C21H23NO3. The molecule has 2 heterocycles. The molecule has 4 heteroatoms. The van der Waals surface area contributed by atoms with Crippen molar-refractivity contribution in [3.05, 3.63) is 65.7 Å². The fraction of sp³-hybridized carbons (Fsp3) is 0.381. The van der Waals surface area contributed by atoms with Crippen LogP contribution in [0.15, 0.2) is 54.6 Å². The van der Waals surface area contributed by atoms with E-state index >= 15 is 0 Å². The summed E-state index contributed by atoms with van der Waals surface area (Å²) in [6.07, 6.45) is 3.57. The van der Waals surface area contributed by atoms with Crippen LogP contribution in [0.5, 0.6) is 5.75 Å². The summed E-state index contributed by atoms with van der Waals surface area (Å²) in [5, 5.41) is 0. The largest absolute Gasteiger partial charge is 0.487 e. The highest BCUT2D eigenvalue weighted by atomic mass is 16.6. The van der Waals surface area contributed by atoms with E-state index in [1.165, 1.54) is 5.56 Å². The van der Waals surface area contributed by atoms with Crippen LogP contribution in [0.3, 0.4) is 0 Å². The number of aryl methyl sites for hydroxylation is 1. The molecule has 1 amide bonds.